The van der Waals surface area contributed by atoms with E-state index >= 15 is 0 Å². The van der Waals surface area contributed by atoms with Crippen LogP contribution in [0.2, 0.25) is 10.0 Å². The first-order valence-corrected chi connectivity index (χ1v) is 13.7. The summed E-state index contributed by atoms with van der Waals surface area (Å²) in [6.45, 7) is 3.19. The van der Waals surface area contributed by atoms with Crippen LogP contribution in [-0.4, -0.2) is 24.7 Å². The van der Waals surface area contributed by atoms with E-state index in [-0.39, 0.29) is 10.0 Å². The zero-order valence-corrected chi connectivity index (χ0v) is 25.0. The second-order valence-electron chi connectivity index (χ2n) is 10.2. The minimum atomic E-state index is -5.62. The molecule has 0 atom stereocenters. The Morgan fingerprint density at radius 3 is 0.674 bits per heavy atom. The van der Waals surface area contributed by atoms with Crippen molar-refractivity contribution in [3.8, 4) is 0 Å². The highest BCUT2D eigenvalue weighted by Crippen LogP contribution is 2.57. The molecule has 0 spiro atoms. The van der Waals surface area contributed by atoms with Crippen molar-refractivity contribution < 1.29 is 52.7 Å². The number of aryl methyl sites for hydroxylation is 2. The van der Waals surface area contributed by atoms with Crippen LogP contribution in [0.15, 0.2) is 97.1 Å². The Morgan fingerprint density at radius 2 is 0.500 bits per heavy atom. The van der Waals surface area contributed by atoms with Crippen LogP contribution in [0.5, 0.6) is 0 Å². The van der Waals surface area contributed by atoms with E-state index in [4.69, 9.17) is 23.2 Å². The van der Waals surface area contributed by atoms with Crippen LogP contribution in [0.25, 0.3) is 0 Å². The molecule has 248 valence electrons. The number of halogens is 14. The third-order valence-corrected chi connectivity index (χ3v) is 7.73. The van der Waals surface area contributed by atoms with Crippen LogP contribution in [0.3, 0.4) is 0 Å². The van der Waals surface area contributed by atoms with Gasteiger partial charge < -0.3 is 0 Å². The number of hydrogen-bond donors (Lipinski definition) is 0. The van der Waals surface area contributed by atoms with Gasteiger partial charge in [0, 0.05) is 10.0 Å². The van der Waals surface area contributed by atoms with Gasteiger partial charge in [0.2, 0.25) is 10.8 Å². The van der Waals surface area contributed by atoms with Crippen LogP contribution in [0.1, 0.15) is 33.4 Å². The van der Waals surface area contributed by atoms with Crippen LogP contribution < -0.4 is 0 Å². The Hall–Kier alpha value is -3.38. The van der Waals surface area contributed by atoms with E-state index in [2.05, 4.69) is 0 Å². The molecule has 0 aromatic heterocycles. The van der Waals surface area contributed by atoms with Gasteiger partial charge in [-0.05, 0) is 60.4 Å². The van der Waals surface area contributed by atoms with Crippen molar-refractivity contribution in [3.05, 3.63) is 140 Å². The maximum absolute atomic E-state index is 13.7. The molecule has 4 rings (SSSR count). The molecule has 0 saturated heterocycles. The largest absolute Gasteiger partial charge is 0.411 e. The van der Waals surface area contributed by atoms with Gasteiger partial charge in [0.25, 0.3) is 0 Å². The molecule has 0 heterocycles. The van der Waals surface area contributed by atoms with Gasteiger partial charge >= 0.3 is 24.7 Å². The van der Waals surface area contributed by atoms with Crippen molar-refractivity contribution in [2.24, 2.45) is 0 Å². The molecular formula is C32H22Cl2F12. The van der Waals surface area contributed by atoms with Crippen molar-refractivity contribution >= 4 is 23.2 Å². The van der Waals surface area contributed by atoms with Crippen molar-refractivity contribution in [2.75, 3.05) is 0 Å². The third kappa shape index (κ3) is 6.83. The molecule has 0 radical (unpaired) electrons. The van der Waals surface area contributed by atoms with E-state index in [9.17, 15) is 52.7 Å². The lowest BCUT2D eigenvalue weighted by atomic mass is 9.72. The summed E-state index contributed by atoms with van der Waals surface area (Å²) >= 11 is 11.2. The lowest BCUT2D eigenvalue weighted by Gasteiger charge is -2.38. The van der Waals surface area contributed by atoms with Gasteiger partial charge in [0.15, 0.2) is 0 Å². The zero-order valence-electron chi connectivity index (χ0n) is 23.5. The summed E-state index contributed by atoms with van der Waals surface area (Å²) in [5.41, 5.74) is -10.7. The van der Waals surface area contributed by atoms with E-state index in [1.54, 1.807) is 13.8 Å². The average Bonchev–Trinajstić information content (AvgIpc) is 2.91. The first-order chi connectivity index (χ1) is 21.0. The smallest absolute Gasteiger partial charge is 0.169 e. The van der Waals surface area contributed by atoms with E-state index < -0.39 is 57.8 Å². The fraction of sp³-hybridized carbons (Fsp3) is 0.250. The average molecular weight is 705 g/mol. The van der Waals surface area contributed by atoms with E-state index in [1.165, 1.54) is 24.3 Å². The molecule has 0 N–H and O–H groups in total. The fourth-order valence-corrected chi connectivity index (χ4v) is 5.22. The third-order valence-electron chi connectivity index (χ3n) is 7.22. The molecule has 0 fully saturated rings. The molecule has 4 aromatic carbocycles. The molecule has 0 aliphatic carbocycles. The Balaban J connectivity index is 0.000000250. The summed E-state index contributed by atoms with van der Waals surface area (Å²) in [4.78, 5) is 0. The quantitative estimate of drug-likeness (QED) is 0.186. The predicted octanol–water partition coefficient (Wildman–Crippen LogP) is 12.1. The zero-order chi connectivity index (χ0) is 34.9. The monoisotopic (exact) mass is 704 g/mol. The summed E-state index contributed by atoms with van der Waals surface area (Å²) in [6.07, 6.45) is -22.3. The van der Waals surface area contributed by atoms with Gasteiger partial charge in [-0.1, -0.05) is 107 Å². The second kappa shape index (κ2) is 13.0. The second-order valence-corrected chi connectivity index (χ2v) is 11.1. The van der Waals surface area contributed by atoms with E-state index in [0.717, 1.165) is 72.8 Å². The highest BCUT2D eigenvalue weighted by molar-refractivity contribution is 6.30. The lowest BCUT2D eigenvalue weighted by Crippen LogP contribution is -2.54. The van der Waals surface area contributed by atoms with Crippen molar-refractivity contribution in [1.29, 1.82) is 0 Å². The standard InChI is InChI=1S/C17H14F6.C15H8Cl2F6/c1-11-3-7-13(8-4-11)15(16(18,19)20,17(21,22)23)14-9-5-12(2)6-10-14;16-11-5-1-9(2-6-11)13(14(18,19)20,15(21,22)23)10-3-7-12(17)8-4-10/h3-10H,1-2H3;1-8H. The summed E-state index contributed by atoms with van der Waals surface area (Å²) in [5, 5.41) is 0.0613. The molecule has 0 aliphatic heterocycles. The minimum absolute atomic E-state index is 0.0307. The summed E-state index contributed by atoms with van der Waals surface area (Å²) < 4.78 is 164. The Kier molecular flexibility index (Phi) is 10.5. The topological polar surface area (TPSA) is 0 Å². The number of rotatable bonds is 4. The summed E-state index contributed by atoms with van der Waals surface area (Å²) in [6, 6.07) is 15.3. The van der Waals surface area contributed by atoms with Gasteiger partial charge in [0.1, 0.15) is 0 Å². The first-order valence-electron chi connectivity index (χ1n) is 12.9. The van der Waals surface area contributed by atoms with Crippen molar-refractivity contribution in [1.82, 2.24) is 0 Å². The normalized spacial score (nSPS) is 13.2. The number of hydrogen-bond acceptors (Lipinski definition) is 0. The predicted molar refractivity (Wildman–Crippen MR) is 151 cm³/mol. The highest BCUT2D eigenvalue weighted by atomic mass is 35.5. The lowest BCUT2D eigenvalue weighted by molar-refractivity contribution is -0.290. The summed E-state index contributed by atoms with van der Waals surface area (Å²) in [7, 11) is 0. The molecule has 0 aliphatic rings. The van der Waals surface area contributed by atoms with Gasteiger partial charge in [-0.3, -0.25) is 0 Å². The van der Waals surface area contributed by atoms with E-state index in [0.29, 0.717) is 11.1 Å². The number of benzene rings is 4. The molecule has 4 aromatic rings. The maximum Gasteiger partial charge on any atom is 0.411 e. The Morgan fingerprint density at radius 1 is 0.326 bits per heavy atom. The van der Waals surface area contributed by atoms with Crippen LogP contribution >= 0.6 is 23.2 Å². The van der Waals surface area contributed by atoms with Crippen molar-refractivity contribution in [3.63, 3.8) is 0 Å². The van der Waals surface area contributed by atoms with E-state index in [1.807, 2.05) is 0 Å². The van der Waals surface area contributed by atoms with Crippen LogP contribution in [0.4, 0.5) is 52.7 Å². The maximum atomic E-state index is 13.7. The van der Waals surface area contributed by atoms with Gasteiger partial charge in [-0.25, -0.2) is 0 Å². The molecule has 0 amide bonds. The molecule has 0 bridgehead atoms. The van der Waals surface area contributed by atoms with Gasteiger partial charge in [-0.2, -0.15) is 52.7 Å². The van der Waals surface area contributed by atoms with Crippen LogP contribution in [-0.2, 0) is 10.8 Å². The minimum Gasteiger partial charge on any atom is -0.169 e. The Bertz CT molecular complexity index is 1340. The molecule has 0 unspecified atom stereocenters. The molecule has 14 heteroatoms. The van der Waals surface area contributed by atoms with Gasteiger partial charge in [0.05, 0.1) is 0 Å². The summed E-state index contributed by atoms with van der Waals surface area (Å²) in [5.74, 6) is 0. The molecule has 46 heavy (non-hydrogen) atoms. The van der Waals surface area contributed by atoms with Crippen LogP contribution in [0, 0.1) is 13.8 Å². The number of alkyl halides is 12. The first kappa shape index (κ1) is 37.1. The fourth-order valence-electron chi connectivity index (χ4n) is 4.97. The molecule has 0 saturated carbocycles. The highest BCUT2D eigenvalue weighted by Gasteiger charge is 2.73. The van der Waals surface area contributed by atoms with Crippen molar-refractivity contribution in [2.45, 2.75) is 49.4 Å². The molecule has 0 nitrogen and oxygen atoms in total. The Labute approximate surface area is 265 Å². The SMILES string of the molecule is Cc1ccc(C(c2ccc(C)cc2)(C(F)(F)F)C(F)(F)F)cc1.FC(F)(F)C(c1ccc(Cl)cc1)(c1ccc(Cl)cc1)C(F)(F)F. The molecular weight excluding hydrogens is 683 g/mol. The van der Waals surface area contributed by atoms with Gasteiger partial charge in [-0.15, -0.1) is 0 Å².